The molecule has 0 aromatic rings. The molecule has 0 unspecified atom stereocenters. The first kappa shape index (κ1) is 15.7. The van der Waals surface area contributed by atoms with Gasteiger partial charge in [0.05, 0.1) is 0 Å². The van der Waals surface area contributed by atoms with Crippen molar-refractivity contribution in [1.82, 2.24) is 20.7 Å². The summed E-state index contributed by atoms with van der Waals surface area (Å²) in [6, 6.07) is -0.178. The second kappa shape index (κ2) is 8.71. The first-order valence-corrected chi connectivity index (χ1v) is 6.77. The Bertz CT molecular complexity index is 291. The van der Waals surface area contributed by atoms with Crippen LogP contribution in [0.3, 0.4) is 0 Å². The fourth-order valence-electron chi connectivity index (χ4n) is 1.88. The van der Waals surface area contributed by atoms with Crippen molar-refractivity contribution in [3.8, 4) is 0 Å². The largest absolute Gasteiger partial charge is 0.481 e. The van der Waals surface area contributed by atoms with E-state index in [9.17, 15) is 9.59 Å². The van der Waals surface area contributed by atoms with Gasteiger partial charge in [0, 0.05) is 39.1 Å². The molecule has 0 atom stereocenters. The van der Waals surface area contributed by atoms with E-state index in [1.54, 1.807) is 0 Å². The molecule has 0 saturated carbocycles. The quantitative estimate of drug-likeness (QED) is 0.572. The zero-order valence-electron chi connectivity index (χ0n) is 11.5. The van der Waals surface area contributed by atoms with Crippen molar-refractivity contribution in [2.75, 3.05) is 39.8 Å². The second-order valence-corrected chi connectivity index (χ2v) is 4.86. The summed E-state index contributed by atoms with van der Waals surface area (Å²) < 4.78 is 0. The number of piperazine rings is 1. The van der Waals surface area contributed by atoms with Gasteiger partial charge in [0.1, 0.15) is 0 Å². The van der Waals surface area contributed by atoms with Gasteiger partial charge < -0.3 is 15.3 Å². The van der Waals surface area contributed by atoms with Gasteiger partial charge in [-0.15, -0.1) is 0 Å². The van der Waals surface area contributed by atoms with Gasteiger partial charge in [0.15, 0.2) is 0 Å². The van der Waals surface area contributed by atoms with Crippen LogP contribution in [0.1, 0.15) is 25.7 Å². The Balaban J connectivity index is 1.97. The first-order valence-electron chi connectivity index (χ1n) is 6.77. The summed E-state index contributed by atoms with van der Waals surface area (Å²) in [6.07, 6.45) is 2.50. The van der Waals surface area contributed by atoms with E-state index < -0.39 is 5.97 Å². The molecule has 2 amide bonds. The first-order chi connectivity index (χ1) is 9.08. The molecule has 0 bridgehead atoms. The lowest BCUT2D eigenvalue weighted by Gasteiger charge is -2.32. The van der Waals surface area contributed by atoms with Gasteiger partial charge in [0.25, 0.3) is 0 Å². The summed E-state index contributed by atoms with van der Waals surface area (Å²) in [5, 5.41) is 13.2. The maximum atomic E-state index is 11.6. The summed E-state index contributed by atoms with van der Waals surface area (Å²) in [6.45, 7) is 4.16. The minimum absolute atomic E-state index is 0.178. The van der Waals surface area contributed by atoms with Crippen LogP contribution in [-0.4, -0.2) is 66.8 Å². The summed E-state index contributed by atoms with van der Waals surface area (Å²) >= 11 is 0. The van der Waals surface area contributed by atoms with E-state index >= 15 is 0 Å². The molecule has 110 valence electrons. The van der Waals surface area contributed by atoms with Crippen molar-refractivity contribution in [3.63, 3.8) is 0 Å². The highest BCUT2D eigenvalue weighted by Crippen LogP contribution is 1.98. The van der Waals surface area contributed by atoms with E-state index in [0.29, 0.717) is 13.0 Å². The number of hydrogen-bond donors (Lipinski definition) is 3. The van der Waals surface area contributed by atoms with Crippen molar-refractivity contribution in [1.29, 1.82) is 0 Å². The van der Waals surface area contributed by atoms with Gasteiger partial charge in [-0.25, -0.2) is 9.80 Å². The Morgan fingerprint density at radius 2 is 1.79 bits per heavy atom. The number of aliphatic carboxylic acids is 1. The van der Waals surface area contributed by atoms with Gasteiger partial charge >= 0.3 is 12.0 Å². The number of hydrogen-bond acceptors (Lipinski definition) is 4. The number of rotatable bonds is 7. The molecule has 7 heteroatoms. The number of unbranched alkanes of at least 4 members (excludes halogenated alkanes) is 2. The van der Waals surface area contributed by atoms with Crippen LogP contribution >= 0.6 is 0 Å². The summed E-state index contributed by atoms with van der Waals surface area (Å²) in [5.74, 6) is -0.763. The lowest BCUT2D eigenvalue weighted by molar-refractivity contribution is -0.137. The number of carboxylic acid groups (broad SMARTS) is 1. The van der Waals surface area contributed by atoms with Gasteiger partial charge in [-0.3, -0.25) is 10.2 Å². The molecule has 1 heterocycles. The third kappa shape index (κ3) is 7.63. The summed E-state index contributed by atoms with van der Waals surface area (Å²) in [7, 11) is 2.06. The number of nitrogens with one attached hydrogen (secondary N) is 2. The summed E-state index contributed by atoms with van der Waals surface area (Å²) in [4.78, 5) is 24.1. The molecule has 3 N–H and O–H groups in total. The van der Waals surface area contributed by atoms with Gasteiger partial charge in [0.2, 0.25) is 0 Å². The fraction of sp³-hybridized carbons (Fsp3) is 0.833. The lowest BCUT2D eigenvalue weighted by atomic mass is 10.2. The molecule has 0 aliphatic carbocycles. The highest BCUT2D eigenvalue weighted by molar-refractivity contribution is 5.73. The Hall–Kier alpha value is -1.34. The maximum Gasteiger partial charge on any atom is 0.329 e. The van der Waals surface area contributed by atoms with E-state index in [0.717, 1.165) is 39.0 Å². The molecule has 1 aliphatic heterocycles. The zero-order chi connectivity index (χ0) is 14.1. The van der Waals surface area contributed by atoms with Crippen LogP contribution in [0.25, 0.3) is 0 Å². The van der Waals surface area contributed by atoms with Gasteiger partial charge in [-0.1, -0.05) is 6.42 Å². The SMILES string of the molecule is CN1CCN(NC(=O)NCCCCCC(=O)O)CC1. The molecule has 0 aromatic carbocycles. The third-order valence-corrected chi connectivity index (χ3v) is 3.12. The minimum Gasteiger partial charge on any atom is -0.481 e. The second-order valence-electron chi connectivity index (χ2n) is 4.86. The van der Waals surface area contributed by atoms with Crippen LogP contribution in [-0.2, 0) is 4.79 Å². The van der Waals surface area contributed by atoms with Crippen molar-refractivity contribution in [3.05, 3.63) is 0 Å². The lowest BCUT2D eigenvalue weighted by Crippen LogP contribution is -2.54. The van der Waals surface area contributed by atoms with E-state index in [4.69, 9.17) is 5.11 Å². The van der Waals surface area contributed by atoms with Crippen molar-refractivity contribution < 1.29 is 14.7 Å². The van der Waals surface area contributed by atoms with E-state index in [1.807, 2.05) is 5.01 Å². The molecule has 19 heavy (non-hydrogen) atoms. The molecule has 1 fully saturated rings. The van der Waals surface area contributed by atoms with E-state index in [1.165, 1.54) is 0 Å². The van der Waals surface area contributed by atoms with Crippen LogP contribution in [0.5, 0.6) is 0 Å². The molecule has 7 nitrogen and oxygen atoms in total. The smallest absolute Gasteiger partial charge is 0.329 e. The zero-order valence-corrected chi connectivity index (χ0v) is 11.5. The van der Waals surface area contributed by atoms with Crippen molar-refractivity contribution in [2.24, 2.45) is 0 Å². The van der Waals surface area contributed by atoms with E-state index in [2.05, 4.69) is 22.7 Å². The Morgan fingerprint density at radius 3 is 2.42 bits per heavy atom. The minimum atomic E-state index is -0.763. The highest BCUT2D eigenvalue weighted by Gasteiger charge is 2.14. The fourth-order valence-corrected chi connectivity index (χ4v) is 1.88. The molecular formula is C12H24N4O3. The standard InChI is InChI=1S/C12H24N4O3/c1-15-7-9-16(10-8-15)14-12(19)13-6-4-2-3-5-11(17)18/h2-10H2,1H3,(H,17,18)(H2,13,14,19). The summed E-state index contributed by atoms with van der Waals surface area (Å²) in [5.41, 5.74) is 2.81. The number of nitrogens with zero attached hydrogens (tertiary/aromatic N) is 2. The van der Waals surface area contributed by atoms with Crippen LogP contribution in [0.2, 0.25) is 0 Å². The van der Waals surface area contributed by atoms with Gasteiger partial charge in [-0.05, 0) is 19.9 Å². The normalized spacial score (nSPS) is 17.1. The monoisotopic (exact) mass is 272 g/mol. The predicted molar refractivity (Wildman–Crippen MR) is 71.7 cm³/mol. The molecule has 0 aromatic heterocycles. The molecule has 1 rings (SSSR count). The number of carboxylic acids is 1. The Kier molecular flexibility index (Phi) is 7.20. The number of urea groups is 1. The van der Waals surface area contributed by atoms with Crippen LogP contribution < -0.4 is 10.7 Å². The maximum absolute atomic E-state index is 11.6. The Labute approximate surface area is 113 Å². The van der Waals surface area contributed by atoms with Crippen LogP contribution in [0, 0.1) is 0 Å². The number of hydrazine groups is 1. The predicted octanol–water partition coefficient (Wildman–Crippen LogP) is 0.0930. The molecule has 1 saturated heterocycles. The van der Waals surface area contributed by atoms with E-state index in [-0.39, 0.29) is 12.5 Å². The molecular weight excluding hydrogens is 248 g/mol. The molecule has 1 aliphatic rings. The number of carbonyl (C=O) groups excluding carboxylic acids is 1. The number of likely N-dealkylation sites (N-methyl/N-ethyl adjacent to an activating group) is 1. The average Bonchev–Trinajstić information content (AvgIpc) is 2.36. The molecule has 0 spiro atoms. The number of amides is 2. The average molecular weight is 272 g/mol. The molecule has 0 radical (unpaired) electrons. The topological polar surface area (TPSA) is 84.9 Å². The van der Waals surface area contributed by atoms with Crippen molar-refractivity contribution >= 4 is 12.0 Å². The van der Waals surface area contributed by atoms with Crippen LogP contribution in [0.15, 0.2) is 0 Å². The van der Waals surface area contributed by atoms with Crippen molar-refractivity contribution in [2.45, 2.75) is 25.7 Å². The Morgan fingerprint density at radius 1 is 1.11 bits per heavy atom. The highest BCUT2D eigenvalue weighted by atomic mass is 16.4. The van der Waals surface area contributed by atoms with Crippen LogP contribution in [0.4, 0.5) is 4.79 Å². The van der Waals surface area contributed by atoms with Gasteiger partial charge in [-0.2, -0.15) is 0 Å². The third-order valence-electron chi connectivity index (χ3n) is 3.12. The number of carbonyl (C=O) groups is 2.